The van der Waals surface area contributed by atoms with Crippen molar-refractivity contribution >= 4 is 11.7 Å². The van der Waals surface area contributed by atoms with Crippen molar-refractivity contribution in [2.24, 2.45) is 0 Å². The van der Waals surface area contributed by atoms with Gasteiger partial charge in [-0.25, -0.2) is 9.97 Å². The van der Waals surface area contributed by atoms with Crippen LogP contribution in [0.25, 0.3) is 5.78 Å². The van der Waals surface area contributed by atoms with E-state index in [2.05, 4.69) is 19.6 Å². The maximum absolute atomic E-state index is 11.3. The molecule has 0 aliphatic carbocycles. The van der Waals surface area contributed by atoms with Crippen molar-refractivity contribution in [3.05, 3.63) is 30.4 Å². The zero-order valence-electron chi connectivity index (χ0n) is 12.4. The van der Waals surface area contributed by atoms with Crippen molar-refractivity contribution in [1.29, 1.82) is 0 Å². The normalized spacial score (nSPS) is 11.2. The number of methoxy groups -OCH3 is 2. The molecule has 0 atom stereocenters. The largest absolute Gasteiger partial charge is 0.469 e. The van der Waals surface area contributed by atoms with Crippen molar-refractivity contribution in [1.82, 2.24) is 19.3 Å². The number of rotatable bonds is 8. The summed E-state index contributed by atoms with van der Waals surface area (Å²) in [7, 11) is 3.06. The first kappa shape index (κ1) is 15.4. The fourth-order valence-corrected chi connectivity index (χ4v) is 2.03. The second-order valence-corrected chi connectivity index (χ2v) is 4.65. The molecule has 0 fully saturated rings. The second-order valence-electron chi connectivity index (χ2n) is 4.65. The van der Waals surface area contributed by atoms with Crippen LogP contribution in [0.1, 0.15) is 12.1 Å². The number of aromatic nitrogens is 3. The number of fused-ring (bicyclic) bond motifs is 1. The molecule has 0 bridgehead atoms. The van der Waals surface area contributed by atoms with Gasteiger partial charge >= 0.3 is 5.97 Å². The molecule has 0 aromatic carbocycles. The van der Waals surface area contributed by atoms with Crippen molar-refractivity contribution in [2.45, 2.75) is 13.0 Å². The number of hydrogen-bond donors (Lipinski definition) is 0. The van der Waals surface area contributed by atoms with E-state index >= 15 is 0 Å². The first-order chi connectivity index (χ1) is 10.2. The van der Waals surface area contributed by atoms with E-state index in [0.717, 1.165) is 12.2 Å². The summed E-state index contributed by atoms with van der Waals surface area (Å²) in [4.78, 5) is 22.0. The van der Waals surface area contributed by atoms with E-state index in [-0.39, 0.29) is 5.97 Å². The third kappa shape index (κ3) is 4.51. The third-order valence-electron chi connectivity index (χ3n) is 3.14. The van der Waals surface area contributed by atoms with Crippen LogP contribution in [0.3, 0.4) is 0 Å². The predicted molar refractivity (Wildman–Crippen MR) is 76.8 cm³/mol. The quantitative estimate of drug-likeness (QED) is 0.669. The highest BCUT2D eigenvalue weighted by Crippen LogP contribution is 2.06. The Bertz CT molecular complexity index is 551. The minimum absolute atomic E-state index is 0.214. The standard InChI is InChI=1S/C14H20N4O3/c1-20-9-8-17(7-4-13(19)21-2)10-12-11-18-6-3-5-15-14(18)16-12/h3,5-6,11H,4,7-10H2,1-2H3. The molecule has 0 amide bonds. The van der Waals surface area contributed by atoms with E-state index in [1.54, 1.807) is 13.3 Å². The van der Waals surface area contributed by atoms with E-state index in [9.17, 15) is 4.79 Å². The summed E-state index contributed by atoms with van der Waals surface area (Å²) in [6.07, 6.45) is 5.92. The average Bonchev–Trinajstić information content (AvgIpc) is 2.91. The van der Waals surface area contributed by atoms with Gasteiger partial charge in [-0.1, -0.05) is 0 Å². The first-order valence-electron chi connectivity index (χ1n) is 6.79. The fraction of sp³-hybridized carbons (Fsp3) is 0.500. The summed E-state index contributed by atoms with van der Waals surface area (Å²) in [5.74, 6) is 0.459. The Morgan fingerprint density at radius 1 is 1.38 bits per heavy atom. The van der Waals surface area contributed by atoms with E-state index in [0.29, 0.717) is 31.9 Å². The van der Waals surface area contributed by atoms with Crippen LogP contribution in [0.4, 0.5) is 0 Å². The van der Waals surface area contributed by atoms with Gasteiger partial charge in [-0.05, 0) is 6.07 Å². The van der Waals surface area contributed by atoms with Crippen LogP contribution < -0.4 is 0 Å². The van der Waals surface area contributed by atoms with Gasteiger partial charge < -0.3 is 9.47 Å². The maximum Gasteiger partial charge on any atom is 0.306 e. The minimum Gasteiger partial charge on any atom is -0.469 e. The van der Waals surface area contributed by atoms with E-state index < -0.39 is 0 Å². The molecule has 0 saturated heterocycles. The van der Waals surface area contributed by atoms with Crippen molar-refractivity contribution in [2.75, 3.05) is 33.9 Å². The first-order valence-corrected chi connectivity index (χ1v) is 6.79. The number of nitrogens with zero attached hydrogens (tertiary/aromatic N) is 4. The van der Waals surface area contributed by atoms with Crippen molar-refractivity contribution < 1.29 is 14.3 Å². The molecule has 0 aliphatic heterocycles. The highest BCUT2D eigenvalue weighted by Gasteiger charge is 2.11. The van der Waals surface area contributed by atoms with Crippen LogP contribution in [0.5, 0.6) is 0 Å². The highest BCUT2D eigenvalue weighted by molar-refractivity contribution is 5.69. The zero-order chi connectivity index (χ0) is 15.1. The summed E-state index contributed by atoms with van der Waals surface area (Å²) in [6, 6.07) is 1.86. The van der Waals surface area contributed by atoms with Crippen molar-refractivity contribution in [3.63, 3.8) is 0 Å². The Hall–Kier alpha value is -1.99. The van der Waals surface area contributed by atoms with Gasteiger partial charge in [-0.15, -0.1) is 0 Å². The van der Waals surface area contributed by atoms with Gasteiger partial charge in [0.15, 0.2) is 0 Å². The molecule has 114 valence electrons. The van der Waals surface area contributed by atoms with Crippen molar-refractivity contribution in [3.8, 4) is 0 Å². The maximum atomic E-state index is 11.3. The molecule has 0 unspecified atom stereocenters. The summed E-state index contributed by atoms with van der Waals surface area (Å²) >= 11 is 0. The molecule has 0 radical (unpaired) electrons. The lowest BCUT2D eigenvalue weighted by atomic mass is 10.3. The number of hydrogen-bond acceptors (Lipinski definition) is 6. The lowest BCUT2D eigenvalue weighted by Gasteiger charge is -2.20. The number of imidazole rings is 1. The van der Waals surface area contributed by atoms with Crippen LogP contribution in [0.2, 0.25) is 0 Å². The van der Waals surface area contributed by atoms with Gasteiger partial charge in [0, 0.05) is 45.3 Å². The van der Waals surface area contributed by atoms with Gasteiger partial charge in [0.2, 0.25) is 5.78 Å². The van der Waals surface area contributed by atoms with E-state index in [1.807, 2.05) is 22.9 Å². The Morgan fingerprint density at radius 2 is 2.24 bits per heavy atom. The fourth-order valence-electron chi connectivity index (χ4n) is 2.03. The van der Waals surface area contributed by atoms with Gasteiger partial charge in [-0.3, -0.25) is 14.1 Å². The third-order valence-corrected chi connectivity index (χ3v) is 3.14. The van der Waals surface area contributed by atoms with Gasteiger partial charge in [0.05, 0.1) is 25.8 Å². The van der Waals surface area contributed by atoms with E-state index in [4.69, 9.17) is 4.74 Å². The number of carbonyl (C=O) groups is 1. The molecule has 0 saturated carbocycles. The minimum atomic E-state index is -0.214. The van der Waals surface area contributed by atoms with Gasteiger partial charge in [-0.2, -0.15) is 0 Å². The molecular weight excluding hydrogens is 272 g/mol. The SMILES string of the molecule is COCCN(CCC(=O)OC)Cc1cn2cccnc2n1. The summed E-state index contributed by atoms with van der Waals surface area (Å²) in [5.41, 5.74) is 0.912. The molecule has 0 spiro atoms. The molecule has 7 nitrogen and oxygen atoms in total. The smallest absolute Gasteiger partial charge is 0.306 e. The predicted octanol–water partition coefficient (Wildman–Crippen LogP) is 0.741. The second kappa shape index (κ2) is 7.70. The lowest BCUT2D eigenvalue weighted by Crippen LogP contribution is -2.29. The monoisotopic (exact) mass is 292 g/mol. The zero-order valence-corrected chi connectivity index (χ0v) is 12.4. The van der Waals surface area contributed by atoms with E-state index in [1.165, 1.54) is 7.11 Å². The Kier molecular flexibility index (Phi) is 5.65. The van der Waals surface area contributed by atoms with Crippen LogP contribution in [-0.4, -0.2) is 59.2 Å². The molecular formula is C14H20N4O3. The lowest BCUT2D eigenvalue weighted by molar-refractivity contribution is -0.141. The Balaban J connectivity index is 2.00. The van der Waals surface area contributed by atoms with Crippen LogP contribution in [-0.2, 0) is 20.8 Å². The molecule has 7 heteroatoms. The topological polar surface area (TPSA) is 69.0 Å². The Labute approximate surface area is 123 Å². The summed E-state index contributed by atoms with van der Waals surface area (Å²) in [6.45, 7) is 2.59. The van der Waals surface area contributed by atoms with Crippen LogP contribution >= 0.6 is 0 Å². The number of carbonyl (C=O) groups excluding carboxylic acids is 1. The molecule has 0 N–H and O–H groups in total. The van der Waals surface area contributed by atoms with Gasteiger partial charge in [0.1, 0.15) is 0 Å². The summed E-state index contributed by atoms with van der Waals surface area (Å²) in [5, 5.41) is 0. The molecule has 2 heterocycles. The number of esters is 1. The van der Waals surface area contributed by atoms with Crippen LogP contribution in [0, 0.1) is 0 Å². The van der Waals surface area contributed by atoms with Crippen LogP contribution in [0.15, 0.2) is 24.7 Å². The number of ether oxygens (including phenoxy) is 2. The molecule has 2 aromatic rings. The highest BCUT2D eigenvalue weighted by atomic mass is 16.5. The summed E-state index contributed by atoms with van der Waals surface area (Å²) < 4.78 is 11.7. The molecule has 21 heavy (non-hydrogen) atoms. The molecule has 2 rings (SSSR count). The molecule has 2 aromatic heterocycles. The average molecular weight is 292 g/mol. The Morgan fingerprint density at radius 3 is 2.95 bits per heavy atom. The molecule has 0 aliphatic rings. The van der Waals surface area contributed by atoms with Gasteiger partial charge in [0.25, 0.3) is 0 Å².